The van der Waals surface area contributed by atoms with Crippen LogP contribution >= 0.6 is 0 Å². The Bertz CT molecular complexity index is 1280. The monoisotopic (exact) mass is 508 g/mol. The number of fused-ring (bicyclic) bond motifs is 4. The molecule has 38 heavy (non-hydrogen) atoms. The maximum atomic E-state index is 6.31. The smallest absolute Gasteiger partial charge is 0.130 e. The second-order valence-electron chi connectivity index (χ2n) is 9.54. The van der Waals surface area contributed by atoms with E-state index in [1.54, 1.807) is 0 Å². The lowest BCUT2D eigenvalue weighted by molar-refractivity contribution is 0.244. The fourth-order valence-electron chi connectivity index (χ4n) is 4.62. The highest BCUT2D eigenvalue weighted by molar-refractivity contribution is 5.34. The summed E-state index contributed by atoms with van der Waals surface area (Å²) in [6, 6.07) is 33.2. The Labute approximate surface area is 225 Å². The van der Waals surface area contributed by atoms with Gasteiger partial charge in [0.15, 0.2) is 0 Å². The highest BCUT2D eigenvalue weighted by Gasteiger charge is 2.12. The van der Waals surface area contributed by atoms with Gasteiger partial charge in [0, 0.05) is 56.9 Å². The van der Waals surface area contributed by atoms with E-state index in [4.69, 9.17) is 14.5 Å². The third-order valence-electron chi connectivity index (χ3n) is 6.60. The van der Waals surface area contributed by atoms with E-state index in [1.165, 1.54) is 11.1 Å². The summed E-state index contributed by atoms with van der Waals surface area (Å²) in [5.41, 5.74) is 5.40. The molecule has 0 radical (unpaired) electrons. The second-order valence-corrected chi connectivity index (χ2v) is 9.54. The molecule has 2 bridgehead atoms. The van der Waals surface area contributed by atoms with Crippen molar-refractivity contribution in [2.24, 2.45) is 0 Å². The number of nitrogens with one attached hydrogen (secondary N) is 2. The van der Waals surface area contributed by atoms with Gasteiger partial charge < -0.3 is 20.1 Å². The largest absolute Gasteiger partial charge is 0.487 e. The van der Waals surface area contributed by atoms with Crippen molar-refractivity contribution in [3.05, 3.63) is 125 Å². The van der Waals surface area contributed by atoms with Crippen LogP contribution in [0.25, 0.3) is 0 Å². The molecule has 2 N–H and O–H groups in total. The number of para-hydroxylation sites is 2. The fourth-order valence-corrected chi connectivity index (χ4v) is 4.62. The van der Waals surface area contributed by atoms with Gasteiger partial charge in [-0.05, 0) is 29.8 Å². The molecule has 1 aliphatic heterocycles. The molecular formula is C32H36N4O2. The lowest BCUT2D eigenvalue weighted by atomic mass is 10.1. The van der Waals surface area contributed by atoms with Gasteiger partial charge in [-0.15, -0.1) is 0 Å². The minimum atomic E-state index is 0.408. The predicted octanol–water partition coefficient (Wildman–Crippen LogP) is 4.93. The van der Waals surface area contributed by atoms with Crippen LogP contribution in [0.5, 0.6) is 11.5 Å². The number of rotatable bonds is 2. The zero-order valence-electron chi connectivity index (χ0n) is 21.8. The molecule has 1 aromatic heterocycles. The van der Waals surface area contributed by atoms with Crippen molar-refractivity contribution in [2.45, 2.75) is 32.8 Å². The molecule has 0 aliphatic carbocycles. The minimum absolute atomic E-state index is 0.408. The SMILES string of the molecule is c1ccc(CN2CCNCCNCc3ccccc3OCc3cccc(n3)COc3ccccc3C2)cc1. The first-order valence-electron chi connectivity index (χ1n) is 13.4. The van der Waals surface area contributed by atoms with Crippen LogP contribution in [0.4, 0.5) is 0 Å². The molecule has 1 aliphatic rings. The van der Waals surface area contributed by atoms with E-state index >= 15 is 0 Å². The molecule has 0 amide bonds. The summed E-state index contributed by atoms with van der Waals surface area (Å²) in [5.74, 6) is 1.78. The number of hydrogen-bond donors (Lipinski definition) is 2. The van der Waals surface area contributed by atoms with Gasteiger partial charge in [0.25, 0.3) is 0 Å². The molecule has 4 aromatic rings. The van der Waals surface area contributed by atoms with Crippen molar-refractivity contribution in [1.82, 2.24) is 20.5 Å². The molecule has 0 spiro atoms. The number of aromatic nitrogens is 1. The third kappa shape index (κ3) is 7.65. The van der Waals surface area contributed by atoms with Crippen LogP contribution in [0.2, 0.25) is 0 Å². The molecule has 196 valence electrons. The molecule has 2 heterocycles. The number of hydrogen-bond acceptors (Lipinski definition) is 6. The number of ether oxygens (including phenoxy) is 2. The van der Waals surface area contributed by atoms with Crippen LogP contribution in [0.1, 0.15) is 28.1 Å². The van der Waals surface area contributed by atoms with E-state index in [-0.39, 0.29) is 0 Å². The Hall–Kier alpha value is -3.71. The van der Waals surface area contributed by atoms with Gasteiger partial charge in [0.05, 0.1) is 11.4 Å². The van der Waals surface area contributed by atoms with Crippen LogP contribution in [0, 0.1) is 0 Å². The summed E-state index contributed by atoms with van der Waals surface area (Å²) in [4.78, 5) is 7.27. The Morgan fingerprint density at radius 2 is 1.26 bits per heavy atom. The first kappa shape index (κ1) is 25.9. The molecule has 6 heteroatoms. The first-order chi connectivity index (χ1) is 18.8. The van der Waals surface area contributed by atoms with E-state index in [0.29, 0.717) is 13.2 Å². The Morgan fingerprint density at radius 3 is 2.03 bits per heavy atom. The van der Waals surface area contributed by atoms with Gasteiger partial charge in [-0.1, -0.05) is 72.8 Å². The summed E-state index contributed by atoms with van der Waals surface area (Å²) >= 11 is 0. The first-order valence-corrected chi connectivity index (χ1v) is 13.4. The number of nitrogens with zero attached hydrogens (tertiary/aromatic N) is 2. The average Bonchev–Trinajstić information content (AvgIpc) is 2.96. The highest BCUT2D eigenvalue weighted by Crippen LogP contribution is 2.23. The van der Waals surface area contributed by atoms with Crippen molar-refractivity contribution in [2.75, 3.05) is 26.2 Å². The van der Waals surface area contributed by atoms with Crippen molar-refractivity contribution in [1.29, 1.82) is 0 Å². The summed E-state index contributed by atoms with van der Waals surface area (Å²) in [6.45, 7) is 6.90. The molecule has 5 rings (SSSR count). The average molecular weight is 509 g/mol. The summed E-state index contributed by atoms with van der Waals surface area (Å²) in [6.07, 6.45) is 0. The van der Waals surface area contributed by atoms with Crippen molar-refractivity contribution in [3.8, 4) is 11.5 Å². The maximum absolute atomic E-state index is 6.31. The van der Waals surface area contributed by atoms with E-state index in [9.17, 15) is 0 Å². The molecule has 0 saturated carbocycles. The van der Waals surface area contributed by atoms with E-state index < -0.39 is 0 Å². The van der Waals surface area contributed by atoms with E-state index in [1.807, 2.05) is 36.4 Å². The van der Waals surface area contributed by atoms with Gasteiger partial charge in [0.2, 0.25) is 0 Å². The van der Waals surface area contributed by atoms with Crippen LogP contribution in [0.15, 0.2) is 97.1 Å². The van der Waals surface area contributed by atoms with Gasteiger partial charge in [-0.25, -0.2) is 0 Å². The zero-order chi connectivity index (χ0) is 25.8. The van der Waals surface area contributed by atoms with E-state index in [2.05, 4.69) is 76.2 Å². The molecule has 0 unspecified atom stereocenters. The normalized spacial score (nSPS) is 15.8. The van der Waals surface area contributed by atoms with Gasteiger partial charge in [-0.2, -0.15) is 0 Å². The van der Waals surface area contributed by atoms with Crippen LogP contribution in [0.3, 0.4) is 0 Å². The third-order valence-corrected chi connectivity index (χ3v) is 6.60. The zero-order valence-corrected chi connectivity index (χ0v) is 21.8. The maximum Gasteiger partial charge on any atom is 0.130 e. The molecule has 0 fully saturated rings. The van der Waals surface area contributed by atoms with Crippen molar-refractivity contribution >= 4 is 0 Å². The van der Waals surface area contributed by atoms with Crippen molar-refractivity contribution in [3.63, 3.8) is 0 Å². The van der Waals surface area contributed by atoms with Crippen LogP contribution in [-0.2, 0) is 32.8 Å². The Kier molecular flexibility index (Phi) is 9.36. The lowest BCUT2D eigenvalue weighted by Gasteiger charge is -2.24. The Balaban J connectivity index is 1.35. The molecular weight excluding hydrogens is 472 g/mol. The number of pyridine rings is 1. The standard InChI is InChI=1S/C32H36N4O2/c1-2-9-26(10-3-1)22-36-20-19-33-17-18-34-21-27-11-4-6-15-31(27)37-24-29-13-8-14-30(35-29)25-38-32-16-7-5-12-28(32)23-36/h1-16,33-34H,17-25H2. The summed E-state index contributed by atoms with van der Waals surface area (Å²) < 4.78 is 12.5. The fraction of sp³-hybridized carbons (Fsp3) is 0.281. The lowest BCUT2D eigenvalue weighted by Crippen LogP contribution is -2.34. The van der Waals surface area contributed by atoms with E-state index in [0.717, 1.165) is 74.3 Å². The molecule has 6 nitrogen and oxygen atoms in total. The summed E-state index contributed by atoms with van der Waals surface area (Å²) in [7, 11) is 0. The van der Waals surface area contributed by atoms with Gasteiger partial charge in [0.1, 0.15) is 24.7 Å². The topological polar surface area (TPSA) is 58.7 Å². The van der Waals surface area contributed by atoms with Gasteiger partial charge >= 0.3 is 0 Å². The predicted molar refractivity (Wildman–Crippen MR) is 151 cm³/mol. The minimum Gasteiger partial charge on any atom is -0.487 e. The van der Waals surface area contributed by atoms with Crippen LogP contribution in [-0.4, -0.2) is 36.1 Å². The van der Waals surface area contributed by atoms with Crippen molar-refractivity contribution < 1.29 is 9.47 Å². The Morgan fingerprint density at radius 1 is 0.632 bits per heavy atom. The quantitative estimate of drug-likeness (QED) is 0.400. The molecule has 0 saturated heterocycles. The van der Waals surface area contributed by atoms with Gasteiger partial charge in [-0.3, -0.25) is 9.88 Å². The van der Waals surface area contributed by atoms with Crippen LogP contribution < -0.4 is 20.1 Å². The second kappa shape index (κ2) is 13.7. The molecule has 0 atom stereocenters. The highest BCUT2D eigenvalue weighted by atomic mass is 16.5. The summed E-state index contributed by atoms with van der Waals surface area (Å²) in [5, 5.41) is 7.15. The number of benzene rings is 3. The molecule has 3 aromatic carbocycles.